The molecule has 1 aliphatic rings. The monoisotopic (exact) mass is 321 g/mol. The Kier molecular flexibility index (Phi) is 5.15. The van der Waals surface area contributed by atoms with Gasteiger partial charge in [0.25, 0.3) is 5.91 Å². The van der Waals surface area contributed by atoms with Crippen molar-refractivity contribution in [2.45, 2.75) is 32.2 Å². The highest BCUT2D eigenvalue weighted by Gasteiger charge is 2.24. The third-order valence-corrected chi connectivity index (χ3v) is 3.82. The molecule has 1 fully saturated rings. The summed E-state index contributed by atoms with van der Waals surface area (Å²) in [5.74, 6) is -1.30. The molecular formula is C15H19N3O5. The number of phenols is 1. The van der Waals surface area contributed by atoms with Crippen LogP contribution >= 0.6 is 0 Å². The summed E-state index contributed by atoms with van der Waals surface area (Å²) in [6.45, 7) is 2.98. The number of nitro benzene ring substituents is 1. The Bertz CT molecular complexity index is 626. The Morgan fingerprint density at radius 1 is 1.30 bits per heavy atom. The average Bonchev–Trinajstić information content (AvgIpc) is 2.54. The minimum absolute atomic E-state index is 0.0615. The predicted octanol–water partition coefficient (Wildman–Crippen LogP) is 1.43. The number of likely N-dealkylation sites (tertiary alicyclic amines) is 1. The van der Waals surface area contributed by atoms with Crippen LogP contribution < -0.4 is 5.32 Å². The molecule has 2 amide bonds. The molecule has 0 spiro atoms. The Morgan fingerprint density at radius 2 is 1.96 bits per heavy atom. The lowest BCUT2D eigenvalue weighted by molar-refractivity contribution is -0.385. The van der Waals surface area contributed by atoms with E-state index in [0.29, 0.717) is 13.1 Å². The Hall–Kier alpha value is -2.64. The van der Waals surface area contributed by atoms with Gasteiger partial charge in [0.1, 0.15) is 6.04 Å². The molecule has 8 nitrogen and oxygen atoms in total. The topological polar surface area (TPSA) is 113 Å². The lowest BCUT2D eigenvalue weighted by atomic mass is 10.1. The van der Waals surface area contributed by atoms with Crippen LogP contribution in [0.5, 0.6) is 5.75 Å². The normalized spacial score (nSPS) is 15.8. The van der Waals surface area contributed by atoms with Crippen molar-refractivity contribution in [1.29, 1.82) is 0 Å². The van der Waals surface area contributed by atoms with Crippen LogP contribution in [0.3, 0.4) is 0 Å². The Morgan fingerprint density at radius 3 is 2.52 bits per heavy atom. The van der Waals surface area contributed by atoms with E-state index in [-0.39, 0.29) is 11.5 Å². The van der Waals surface area contributed by atoms with Gasteiger partial charge >= 0.3 is 5.69 Å². The maximum absolute atomic E-state index is 12.2. The van der Waals surface area contributed by atoms with Crippen molar-refractivity contribution in [2.24, 2.45) is 0 Å². The maximum Gasteiger partial charge on any atom is 0.310 e. The average molecular weight is 321 g/mol. The number of piperidine rings is 1. The minimum atomic E-state index is -0.737. The van der Waals surface area contributed by atoms with Crippen LogP contribution in [0.4, 0.5) is 5.69 Å². The third kappa shape index (κ3) is 3.97. The third-order valence-electron chi connectivity index (χ3n) is 3.82. The SMILES string of the molecule is C[C@@H](NC(=O)c1ccc([N+](=O)[O-])c(O)c1)C(=O)N1CCCCC1. The summed E-state index contributed by atoms with van der Waals surface area (Å²) in [6, 6.07) is 2.62. The number of carbonyl (C=O) groups is 2. The van der Waals surface area contributed by atoms with Gasteiger partial charge in [-0.05, 0) is 38.3 Å². The van der Waals surface area contributed by atoms with Gasteiger partial charge in [-0.2, -0.15) is 0 Å². The zero-order chi connectivity index (χ0) is 17.0. The summed E-state index contributed by atoms with van der Waals surface area (Å²) in [7, 11) is 0. The van der Waals surface area contributed by atoms with Crippen LogP contribution in [0.25, 0.3) is 0 Å². The van der Waals surface area contributed by atoms with Crippen molar-refractivity contribution in [3.05, 3.63) is 33.9 Å². The van der Waals surface area contributed by atoms with Crippen LogP contribution in [0.1, 0.15) is 36.5 Å². The summed E-state index contributed by atoms with van der Waals surface area (Å²) in [5.41, 5.74) is -0.412. The second-order valence-corrected chi connectivity index (χ2v) is 5.54. The molecule has 0 unspecified atom stereocenters. The van der Waals surface area contributed by atoms with Crippen molar-refractivity contribution < 1.29 is 19.6 Å². The number of nitrogens with one attached hydrogen (secondary N) is 1. The predicted molar refractivity (Wildman–Crippen MR) is 82.1 cm³/mol. The second kappa shape index (κ2) is 7.08. The fourth-order valence-corrected chi connectivity index (χ4v) is 2.55. The number of rotatable bonds is 4. The van der Waals surface area contributed by atoms with Crippen molar-refractivity contribution >= 4 is 17.5 Å². The lowest BCUT2D eigenvalue weighted by Crippen LogP contribution is -2.48. The van der Waals surface area contributed by atoms with Crippen LogP contribution in [0.2, 0.25) is 0 Å². The molecule has 23 heavy (non-hydrogen) atoms. The van der Waals surface area contributed by atoms with E-state index >= 15 is 0 Å². The smallest absolute Gasteiger partial charge is 0.310 e. The lowest BCUT2D eigenvalue weighted by Gasteiger charge is -2.29. The van der Waals surface area contributed by atoms with E-state index in [0.717, 1.165) is 31.4 Å². The molecule has 124 valence electrons. The highest BCUT2D eigenvalue weighted by atomic mass is 16.6. The van der Waals surface area contributed by atoms with Crippen molar-refractivity contribution in [2.75, 3.05) is 13.1 Å². The van der Waals surface area contributed by atoms with Crippen LogP contribution in [0, 0.1) is 10.1 Å². The molecule has 1 atom stereocenters. The van der Waals surface area contributed by atoms with E-state index in [4.69, 9.17) is 0 Å². The van der Waals surface area contributed by atoms with Crippen LogP contribution in [-0.2, 0) is 4.79 Å². The number of benzene rings is 1. The quantitative estimate of drug-likeness (QED) is 0.643. The zero-order valence-electron chi connectivity index (χ0n) is 12.8. The van der Waals surface area contributed by atoms with Crippen LogP contribution in [-0.4, -0.2) is 45.9 Å². The molecule has 2 N–H and O–H groups in total. The fourth-order valence-electron chi connectivity index (χ4n) is 2.55. The Balaban J connectivity index is 2.01. The van der Waals surface area contributed by atoms with Gasteiger partial charge in [-0.25, -0.2) is 0 Å². The van der Waals surface area contributed by atoms with E-state index in [1.807, 2.05) is 0 Å². The first-order valence-corrected chi connectivity index (χ1v) is 7.47. The molecule has 0 aliphatic carbocycles. The van der Waals surface area contributed by atoms with E-state index in [1.165, 1.54) is 6.07 Å². The molecule has 1 aromatic carbocycles. The molecule has 0 bridgehead atoms. The standard InChI is InChI=1S/C15H19N3O5/c1-10(15(21)17-7-3-2-4-8-17)16-14(20)11-5-6-12(18(22)23)13(19)9-11/h5-6,9-10,19H,2-4,7-8H2,1H3,(H,16,20)/t10-/m1/s1. The number of nitrogens with zero attached hydrogens (tertiary/aromatic N) is 2. The van der Waals surface area contributed by atoms with E-state index < -0.39 is 28.3 Å². The van der Waals surface area contributed by atoms with Gasteiger partial charge < -0.3 is 15.3 Å². The van der Waals surface area contributed by atoms with Gasteiger partial charge in [-0.1, -0.05) is 0 Å². The van der Waals surface area contributed by atoms with Gasteiger partial charge in [0.15, 0.2) is 5.75 Å². The Labute approximate surface area is 133 Å². The molecular weight excluding hydrogens is 302 g/mol. The molecule has 0 aromatic heterocycles. The molecule has 1 aromatic rings. The molecule has 1 saturated heterocycles. The molecule has 0 radical (unpaired) electrons. The fraction of sp³-hybridized carbons (Fsp3) is 0.467. The van der Waals surface area contributed by atoms with Crippen LogP contribution in [0.15, 0.2) is 18.2 Å². The van der Waals surface area contributed by atoms with Crippen molar-refractivity contribution in [3.8, 4) is 5.75 Å². The number of hydrogen-bond donors (Lipinski definition) is 2. The number of amides is 2. The van der Waals surface area contributed by atoms with Gasteiger partial charge in [0.2, 0.25) is 5.91 Å². The number of hydrogen-bond acceptors (Lipinski definition) is 5. The highest BCUT2D eigenvalue weighted by molar-refractivity contribution is 5.98. The summed E-state index contributed by atoms with van der Waals surface area (Å²) < 4.78 is 0. The number of nitro groups is 1. The molecule has 1 heterocycles. The van der Waals surface area contributed by atoms with Gasteiger partial charge in [0.05, 0.1) is 4.92 Å². The number of phenolic OH excluding ortho intramolecular Hbond substituents is 1. The zero-order valence-corrected chi connectivity index (χ0v) is 12.8. The molecule has 8 heteroatoms. The minimum Gasteiger partial charge on any atom is -0.502 e. The number of aromatic hydroxyl groups is 1. The highest BCUT2D eigenvalue weighted by Crippen LogP contribution is 2.26. The van der Waals surface area contributed by atoms with E-state index in [2.05, 4.69) is 5.32 Å². The summed E-state index contributed by atoms with van der Waals surface area (Å²) in [5, 5.41) is 22.8. The summed E-state index contributed by atoms with van der Waals surface area (Å²) in [4.78, 5) is 36.0. The van der Waals surface area contributed by atoms with Gasteiger partial charge in [0, 0.05) is 24.7 Å². The van der Waals surface area contributed by atoms with E-state index in [1.54, 1.807) is 11.8 Å². The molecule has 2 rings (SSSR count). The summed E-state index contributed by atoms with van der Waals surface area (Å²) in [6.07, 6.45) is 3.03. The first kappa shape index (κ1) is 16.7. The molecule has 1 aliphatic heterocycles. The summed E-state index contributed by atoms with van der Waals surface area (Å²) >= 11 is 0. The second-order valence-electron chi connectivity index (χ2n) is 5.54. The van der Waals surface area contributed by atoms with Crippen molar-refractivity contribution in [3.63, 3.8) is 0 Å². The maximum atomic E-state index is 12.2. The van der Waals surface area contributed by atoms with Gasteiger partial charge in [-0.15, -0.1) is 0 Å². The largest absolute Gasteiger partial charge is 0.502 e. The van der Waals surface area contributed by atoms with Gasteiger partial charge in [-0.3, -0.25) is 19.7 Å². The van der Waals surface area contributed by atoms with E-state index in [9.17, 15) is 24.8 Å². The van der Waals surface area contributed by atoms with Crippen molar-refractivity contribution in [1.82, 2.24) is 10.2 Å². The first-order chi connectivity index (χ1) is 10.9. The molecule has 0 saturated carbocycles. The first-order valence-electron chi connectivity index (χ1n) is 7.47. The number of carbonyl (C=O) groups excluding carboxylic acids is 2.